The van der Waals surface area contributed by atoms with Gasteiger partial charge in [-0.2, -0.15) is 4.52 Å². The second kappa shape index (κ2) is 7.48. The summed E-state index contributed by atoms with van der Waals surface area (Å²) in [6.45, 7) is 2.49. The second-order valence-electron chi connectivity index (χ2n) is 7.08. The highest BCUT2D eigenvalue weighted by molar-refractivity contribution is 5.95. The normalized spacial score (nSPS) is 11.2. The highest BCUT2D eigenvalue weighted by Crippen LogP contribution is 2.22. The van der Waals surface area contributed by atoms with E-state index in [1.165, 1.54) is 0 Å². The lowest BCUT2D eigenvalue weighted by molar-refractivity contribution is 0.0951. The van der Waals surface area contributed by atoms with Crippen molar-refractivity contribution in [2.75, 3.05) is 0 Å². The lowest BCUT2D eigenvalue weighted by atomic mass is 10.0. The molecular formula is C24H20N4O2. The maximum absolute atomic E-state index is 12.6. The van der Waals surface area contributed by atoms with Crippen LogP contribution in [0.1, 0.15) is 28.7 Å². The topological polar surface area (TPSA) is 72.4 Å². The number of nitrogens with one attached hydrogen (secondary N) is 1. The summed E-state index contributed by atoms with van der Waals surface area (Å²) < 4.78 is 7.48. The van der Waals surface area contributed by atoms with E-state index in [1.807, 2.05) is 43.3 Å². The maximum atomic E-state index is 12.6. The molecule has 0 aliphatic carbocycles. The molecule has 0 saturated carbocycles. The number of nitrogens with zero attached hydrogens (tertiary/aromatic N) is 3. The van der Waals surface area contributed by atoms with Gasteiger partial charge in [-0.1, -0.05) is 49.4 Å². The smallest absolute Gasteiger partial charge is 0.251 e. The molecule has 6 nitrogen and oxygen atoms in total. The van der Waals surface area contributed by atoms with Gasteiger partial charge in [-0.15, -0.1) is 5.10 Å². The molecule has 0 radical (unpaired) electrons. The summed E-state index contributed by atoms with van der Waals surface area (Å²) in [4.78, 5) is 16.9. The molecule has 5 aromatic rings. The highest BCUT2D eigenvalue weighted by Gasteiger charge is 2.13. The molecule has 2 heterocycles. The minimum Gasteiger partial charge on any atom is -0.417 e. The van der Waals surface area contributed by atoms with Crippen LogP contribution in [0.4, 0.5) is 0 Å². The van der Waals surface area contributed by atoms with E-state index >= 15 is 0 Å². The van der Waals surface area contributed by atoms with Crippen molar-refractivity contribution in [1.82, 2.24) is 19.9 Å². The van der Waals surface area contributed by atoms with E-state index in [0.29, 0.717) is 23.7 Å². The Hall–Kier alpha value is -3.93. The van der Waals surface area contributed by atoms with Crippen LogP contribution in [0.3, 0.4) is 0 Å². The third-order valence-electron chi connectivity index (χ3n) is 5.20. The second-order valence-corrected chi connectivity index (χ2v) is 7.08. The Morgan fingerprint density at radius 1 is 1.03 bits per heavy atom. The molecule has 0 bridgehead atoms. The number of benzene rings is 3. The van der Waals surface area contributed by atoms with E-state index in [2.05, 4.69) is 33.6 Å². The van der Waals surface area contributed by atoms with Crippen LogP contribution in [-0.4, -0.2) is 20.5 Å². The summed E-state index contributed by atoms with van der Waals surface area (Å²) in [5, 5.41) is 9.80. The van der Waals surface area contributed by atoms with Crippen molar-refractivity contribution in [2.24, 2.45) is 0 Å². The van der Waals surface area contributed by atoms with Gasteiger partial charge in [0.1, 0.15) is 5.82 Å². The molecule has 0 aliphatic heterocycles. The van der Waals surface area contributed by atoms with E-state index < -0.39 is 0 Å². The van der Waals surface area contributed by atoms with Crippen LogP contribution < -0.4 is 5.32 Å². The molecule has 0 unspecified atom stereocenters. The van der Waals surface area contributed by atoms with E-state index in [-0.39, 0.29) is 5.91 Å². The fraction of sp³-hybridized carbons (Fsp3) is 0.125. The molecule has 0 atom stereocenters. The van der Waals surface area contributed by atoms with Crippen molar-refractivity contribution < 1.29 is 9.21 Å². The summed E-state index contributed by atoms with van der Waals surface area (Å²) in [5.74, 6) is 1.24. The molecule has 0 saturated heterocycles. The Labute approximate surface area is 173 Å². The molecule has 2 aromatic heterocycles. The third-order valence-corrected chi connectivity index (χ3v) is 5.20. The Morgan fingerprint density at radius 3 is 2.67 bits per heavy atom. The Kier molecular flexibility index (Phi) is 4.52. The average Bonchev–Trinajstić information content (AvgIpc) is 3.38. The van der Waals surface area contributed by atoms with Crippen molar-refractivity contribution >= 4 is 22.4 Å². The van der Waals surface area contributed by atoms with E-state index in [9.17, 15) is 4.79 Å². The Bertz CT molecular complexity index is 1340. The zero-order valence-corrected chi connectivity index (χ0v) is 16.5. The Morgan fingerprint density at radius 2 is 1.83 bits per heavy atom. The number of fused-ring (bicyclic) bond motifs is 2. The Balaban J connectivity index is 1.32. The lowest BCUT2D eigenvalue weighted by Crippen LogP contribution is -2.22. The number of carbonyl (C=O) groups excluding carboxylic acids is 1. The van der Waals surface area contributed by atoms with Crippen molar-refractivity contribution in [1.29, 1.82) is 0 Å². The van der Waals surface area contributed by atoms with Gasteiger partial charge in [0, 0.05) is 24.1 Å². The van der Waals surface area contributed by atoms with Gasteiger partial charge < -0.3 is 9.73 Å². The van der Waals surface area contributed by atoms with Gasteiger partial charge in [0.15, 0.2) is 0 Å². The molecule has 148 valence electrons. The van der Waals surface area contributed by atoms with Crippen LogP contribution in [0.15, 0.2) is 77.3 Å². The summed E-state index contributed by atoms with van der Waals surface area (Å²) in [7, 11) is 0. The quantitative estimate of drug-likeness (QED) is 0.470. The van der Waals surface area contributed by atoms with Crippen molar-refractivity contribution in [2.45, 2.75) is 19.9 Å². The number of hydrogen-bond donors (Lipinski definition) is 1. The minimum absolute atomic E-state index is 0.118. The fourth-order valence-corrected chi connectivity index (χ4v) is 3.60. The van der Waals surface area contributed by atoms with Crippen LogP contribution in [0.25, 0.3) is 27.9 Å². The highest BCUT2D eigenvalue weighted by atomic mass is 16.4. The molecule has 1 N–H and O–H groups in total. The molecule has 5 rings (SSSR count). The van der Waals surface area contributed by atoms with Crippen LogP contribution in [0.2, 0.25) is 0 Å². The SMILES string of the molecule is CCc1ncc2oc(-c3ccc(C(=O)NCc4cccc5ccccc45)cc3)nn12. The number of aromatic nitrogens is 3. The molecular weight excluding hydrogens is 376 g/mol. The van der Waals surface area contributed by atoms with Gasteiger partial charge >= 0.3 is 0 Å². The largest absolute Gasteiger partial charge is 0.417 e. The number of aryl methyl sites for hydroxylation is 1. The van der Waals surface area contributed by atoms with Crippen molar-refractivity contribution in [3.63, 3.8) is 0 Å². The zero-order chi connectivity index (χ0) is 20.5. The maximum Gasteiger partial charge on any atom is 0.251 e. The summed E-state index contributed by atoms with van der Waals surface area (Å²) in [5.41, 5.74) is 3.10. The van der Waals surface area contributed by atoms with E-state index in [1.54, 1.807) is 22.8 Å². The summed E-state index contributed by atoms with van der Waals surface area (Å²) >= 11 is 0. The van der Waals surface area contributed by atoms with Gasteiger partial charge in [-0.05, 0) is 40.6 Å². The first-order chi connectivity index (χ1) is 14.7. The predicted molar refractivity (Wildman–Crippen MR) is 115 cm³/mol. The zero-order valence-electron chi connectivity index (χ0n) is 16.5. The number of rotatable bonds is 5. The fourth-order valence-electron chi connectivity index (χ4n) is 3.60. The van der Waals surface area contributed by atoms with Gasteiger partial charge in [0.2, 0.25) is 11.6 Å². The summed E-state index contributed by atoms with van der Waals surface area (Å²) in [6, 6.07) is 21.5. The first-order valence-corrected chi connectivity index (χ1v) is 9.91. The summed E-state index contributed by atoms with van der Waals surface area (Å²) in [6.07, 6.45) is 2.44. The van der Waals surface area contributed by atoms with Crippen molar-refractivity contribution in [3.8, 4) is 11.5 Å². The standard InChI is InChI=1S/C24H20N4O2/c1-2-21-25-15-22-28(21)27-24(30-22)18-12-10-17(11-13-18)23(29)26-14-19-8-5-7-16-6-3-4-9-20(16)19/h3-13,15H,2,14H2,1H3,(H,26,29). The van der Waals surface area contributed by atoms with Gasteiger partial charge in [0.05, 0.1) is 6.20 Å². The minimum atomic E-state index is -0.118. The van der Waals surface area contributed by atoms with Gasteiger partial charge in [-0.25, -0.2) is 4.98 Å². The first-order valence-electron chi connectivity index (χ1n) is 9.91. The lowest BCUT2D eigenvalue weighted by Gasteiger charge is -2.09. The van der Waals surface area contributed by atoms with Crippen molar-refractivity contribution in [3.05, 3.63) is 89.9 Å². The molecule has 0 fully saturated rings. The molecule has 30 heavy (non-hydrogen) atoms. The van der Waals surface area contributed by atoms with Gasteiger partial charge in [-0.3, -0.25) is 4.79 Å². The predicted octanol–water partition coefficient (Wildman–Crippen LogP) is 4.63. The monoisotopic (exact) mass is 396 g/mol. The molecule has 0 spiro atoms. The third kappa shape index (κ3) is 3.22. The molecule has 3 aromatic carbocycles. The number of hydrogen-bond acceptors (Lipinski definition) is 4. The van der Waals surface area contributed by atoms with Gasteiger partial charge in [0.25, 0.3) is 5.91 Å². The molecule has 0 aliphatic rings. The van der Waals surface area contributed by atoms with E-state index in [4.69, 9.17) is 4.42 Å². The molecule has 6 heteroatoms. The van der Waals surface area contributed by atoms with E-state index in [0.717, 1.165) is 34.1 Å². The molecule has 1 amide bonds. The first kappa shape index (κ1) is 18.1. The van der Waals surface area contributed by atoms with Crippen LogP contribution in [-0.2, 0) is 13.0 Å². The van der Waals surface area contributed by atoms with Crippen LogP contribution in [0, 0.1) is 0 Å². The van der Waals surface area contributed by atoms with Crippen LogP contribution >= 0.6 is 0 Å². The number of carbonyl (C=O) groups is 1. The number of amides is 1. The average molecular weight is 396 g/mol. The van der Waals surface area contributed by atoms with Crippen LogP contribution in [0.5, 0.6) is 0 Å². The number of imidazole rings is 1.